The van der Waals surface area contributed by atoms with Crippen LogP contribution in [-0.4, -0.2) is 35.0 Å². The average molecular weight is 383 g/mol. The molecule has 2 aromatic rings. The number of hydrogen-bond acceptors (Lipinski definition) is 5. The highest BCUT2D eigenvalue weighted by atomic mass is 19.4. The molecule has 1 atom stereocenters. The van der Waals surface area contributed by atoms with E-state index in [9.17, 15) is 27.9 Å². The zero-order valence-electron chi connectivity index (χ0n) is 14.1. The van der Waals surface area contributed by atoms with Crippen molar-refractivity contribution in [1.82, 2.24) is 10.2 Å². The van der Waals surface area contributed by atoms with Crippen molar-refractivity contribution in [2.75, 3.05) is 13.1 Å². The number of carbonyl (C=O) groups excluding carboxylic acids is 2. The number of Topliss-reactive ketones (excluding diaryl/α,β-unsaturated/α-hetero) is 1. The molecule has 1 fully saturated rings. The monoisotopic (exact) mass is 383 g/mol. The number of halogens is 3. The predicted octanol–water partition coefficient (Wildman–Crippen LogP) is 1.18. The molecule has 0 aliphatic carbocycles. The van der Waals surface area contributed by atoms with E-state index in [-0.39, 0.29) is 30.3 Å². The topological polar surface area (TPSA) is 90.4 Å². The summed E-state index contributed by atoms with van der Waals surface area (Å²) in [6.07, 6.45) is -2.27. The lowest BCUT2D eigenvalue weighted by molar-refractivity contribution is -0.751. The van der Waals surface area contributed by atoms with Gasteiger partial charge in [-0.25, -0.2) is 0 Å². The van der Waals surface area contributed by atoms with Crippen molar-refractivity contribution in [3.8, 4) is 5.95 Å². The van der Waals surface area contributed by atoms with Gasteiger partial charge >= 0.3 is 6.18 Å². The van der Waals surface area contributed by atoms with Gasteiger partial charge in [-0.15, -0.1) is 0 Å². The maximum absolute atomic E-state index is 12.6. The van der Waals surface area contributed by atoms with Crippen LogP contribution in [0.5, 0.6) is 5.95 Å². The summed E-state index contributed by atoms with van der Waals surface area (Å²) in [6.45, 7) is 0.437. The lowest BCUT2D eigenvalue weighted by atomic mass is 9.89. The summed E-state index contributed by atoms with van der Waals surface area (Å²) in [4.78, 5) is 26.4. The summed E-state index contributed by atoms with van der Waals surface area (Å²) in [7, 11) is 0. The van der Waals surface area contributed by atoms with Crippen molar-refractivity contribution in [1.29, 1.82) is 0 Å². The van der Waals surface area contributed by atoms with Crippen LogP contribution in [0.25, 0.3) is 0 Å². The molecule has 1 amide bonds. The number of carbonyl (C=O) groups is 2. The van der Waals surface area contributed by atoms with Crippen LogP contribution in [0.2, 0.25) is 0 Å². The number of likely N-dealkylation sites (tertiary alicyclic amines) is 1. The summed E-state index contributed by atoms with van der Waals surface area (Å²) >= 11 is 0. The van der Waals surface area contributed by atoms with E-state index in [0.717, 1.165) is 35.1 Å². The number of hydrogen-bond donors (Lipinski definition) is 0. The molecule has 1 aliphatic heterocycles. The predicted molar refractivity (Wildman–Crippen MR) is 81.2 cm³/mol. The Labute approximate surface area is 152 Å². The van der Waals surface area contributed by atoms with Gasteiger partial charge in [-0.2, -0.15) is 13.2 Å². The summed E-state index contributed by atoms with van der Waals surface area (Å²) in [5.74, 6) is -1.77. The summed E-state index contributed by atoms with van der Waals surface area (Å²) in [5, 5.41) is 14.3. The standard InChI is InChI=1S/C17H16F3N3O4/c18-17(19,20)13-5-3-11(4-6-13)16(26)12-2-1-7-22(8-12)14(24)9-23-10-15(25)27-21-23/h3-6,10,12H,1-2,7-9H2. The van der Waals surface area contributed by atoms with Gasteiger partial charge in [0.25, 0.3) is 12.5 Å². The Morgan fingerprint density at radius 1 is 1.30 bits per heavy atom. The van der Waals surface area contributed by atoms with Crippen molar-refractivity contribution >= 4 is 11.7 Å². The minimum atomic E-state index is -4.46. The van der Waals surface area contributed by atoms with E-state index in [1.54, 1.807) is 0 Å². The molecule has 1 aromatic carbocycles. The molecule has 0 spiro atoms. The smallest absolute Gasteiger partial charge is 0.416 e. The highest BCUT2D eigenvalue weighted by molar-refractivity contribution is 5.98. The summed E-state index contributed by atoms with van der Waals surface area (Å²) < 4.78 is 43.3. The molecule has 10 heteroatoms. The Balaban J connectivity index is 1.64. The second-order valence-electron chi connectivity index (χ2n) is 6.34. The fraction of sp³-hybridized carbons (Fsp3) is 0.412. The Bertz CT molecular complexity index is 833. The van der Waals surface area contributed by atoms with Gasteiger partial charge in [-0.1, -0.05) is 16.8 Å². The molecule has 7 nitrogen and oxygen atoms in total. The van der Waals surface area contributed by atoms with Gasteiger partial charge in [-0.05, 0) is 25.0 Å². The van der Waals surface area contributed by atoms with E-state index in [2.05, 4.69) is 9.79 Å². The quantitative estimate of drug-likeness (QED) is 0.584. The molecule has 0 saturated carbocycles. The van der Waals surface area contributed by atoms with Gasteiger partial charge in [-0.3, -0.25) is 9.59 Å². The van der Waals surface area contributed by atoms with E-state index in [1.165, 1.54) is 4.90 Å². The van der Waals surface area contributed by atoms with E-state index in [4.69, 9.17) is 0 Å². The first-order chi connectivity index (χ1) is 12.7. The molecule has 2 heterocycles. The Hall–Kier alpha value is -2.91. The third kappa shape index (κ3) is 4.44. The molecule has 1 saturated heterocycles. The lowest BCUT2D eigenvalue weighted by Crippen LogP contribution is -2.49. The van der Waals surface area contributed by atoms with Crippen LogP contribution in [0.1, 0.15) is 28.8 Å². The summed E-state index contributed by atoms with van der Waals surface area (Å²) in [6, 6.07) is 4.07. The third-order valence-corrected chi connectivity index (χ3v) is 4.43. The van der Waals surface area contributed by atoms with Crippen LogP contribution in [-0.2, 0) is 17.5 Å². The highest BCUT2D eigenvalue weighted by Gasteiger charge is 2.32. The molecular formula is C17H16F3N3O4. The number of piperidine rings is 1. The third-order valence-electron chi connectivity index (χ3n) is 4.43. The number of amides is 1. The van der Waals surface area contributed by atoms with E-state index in [0.29, 0.717) is 19.4 Å². The molecule has 1 aliphatic rings. The fourth-order valence-electron chi connectivity index (χ4n) is 3.05. The highest BCUT2D eigenvalue weighted by Crippen LogP contribution is 2.30. The lowest BCUT2D eigenvalue weighted by Gasteiger charge is -2.31. The molecular weight excluding hydrogens is 367 g/mol. The van der Waals surface area contributed by atoms with Gasteiger partial charge in [0.15, 0.2) is 5.78 Å². The molecule has 0 N–H and O–H groups in total. The molecule has 0 bridgehead atoms. The maximum atomic E-state index is 12.6. The first-order valence-corrected chi connectivity index (χ1v) is 8.27. The van der Waals surface area contributed by atoms with Gasteiger partial charge in [0, 0.05) is 24.6 Å². The van der Waals surface area contributed by atoms with E-state index >= 15 is 0 Å². The van der Waals surface area contributed by atoms with Gasteiger partial charge in [0.1, 0.15) is 5.95 Å². The Kier molecular flexibility index (Phi) is 5.15. The zero-order valence-corrected chi connectivity index (χ0v) is 14.1. The number of nitrogens with zero attached hydrogens (tertiary/aromatic N) is 3. The number of alkyl halides is 3. The molecule has 0 radical (unpaired) electrons. The number of benzene rings is 1. The van der Waals surface area contributed by atoms with Crippen molar-refractivity contribution in [2.24, 2.45) is 5.92 Å². The first-order valence-electron chi connectivity index (χ1n) is 8.27. The zero-order chi connectivity index (χ0) is 19.6. The van der Waals surface area contributed by atoms with E-state index in [1.807, 2.05) is 0 Å². The fourth-order valence-corrected chi connectivity index (χ4v) is 3.05. The number of ketones is 1. The molecule has 144 valence electrons. The van der Waals surface area contributed by atoms with Gasteiger partial charge in [0.2, 0.25) is 6.20 Å². The van der Waals surface area contributed by atoms with Crippen molar-refractivity contribution < 1.29 is 37.1 Å². The maximum Gasteiger partial charge on any atom is 0.416 e. The second kappa shape index (κ2) is 7.37. The van der Waals surface area contributed by atoms with Crippen LogP contribution in [0.4, 0.5) is 13.2 Å². The summed E-state index contributed by atoms with van der Waals surface area (Å²) in [5.41, 5.74) is -0.633. The van der Waals surface area contributed by atoms with E-state index < -0.39 is 23.6 Å². The number of aromatic nitrogens is 2. The van der Waals surface area contributed by atoms with Crippen LogP contribution in [0, 0.1) is 5.92 Å². The minimum absolute atomic E-state index is 0.168. The molecule has 3 rings (SSSR count). The van der Waals surface area contributed by atoms with Crippen LogP contribution >= 0.6 is 0 Å². The molecule has 27 heavy (non-hydrogen) atoms. The van der Waals surface area contributed by atoms with Crippen LogP contribution in [0.15, 0.2) is 35.0 Å². The normalized spacial score (nSPS) is 17.7. The Morgan fingerprint density at radius 2 is 2.00 bits per heavy atom. The van der Waals surface area contributed by atoms with Crippen molar-refractivity contribution in [3.05, 3.63) is 41.6 Å². The Morgan fingerprint density at radius 3 is 2.59 bits per heavy atom. The molecule has 1 unspecified atom stereocenters. The van der Waals surface area contributed by atoms with Crippen molar-refractivity contribution in [3.63, 3.8) is 0 Å². The largest absolute Gasteiger partial charge is 0.539 e. The van der Waals surface area contributed by atoms with Gasteiger partial charge < -0.3 is 14.5 Å². The minimum Gasteiger partial charge on any atom is -0.539 e. The van der Waals surface area contributed by atoms with Crippen LogP contribution < -0.4 is 9.79 Å². The number of rotatable bonds is 4. The molecule has 1 aromatic heterocycles. The van der Waals surface area contributed by atoms with Crippen LogP contribution in [0.3, 0.4) is 0 Å². The van der Waals surface area contributed by atoms with Gasteiger partial charge in [0.05, 0.1) is 10.8 Å². The second-order valence-corrected chi connectivity index (χ2v) is 6.34. The average Bonchev–Trinajstić information content (AvgIpc) is 3.05. The first kappa shape index (κ1) is 18.9. The SMILES string of the molecule is O=C(c1ccc(C(F)(F)F)cc1)C1CCCN(C(=O)C[n+]2cc([O-])on2)C1. The van der Waals surface area contributed by atoms with Crippen molar-refractivity contribution in [2.45, 2.75) is 25.6 Å².